The molecule has 23 heavy (non-hydrogen) atoms. The Kier molecular flexibility index (Phi) is 5.62. The molecule has 0 saturated heterocycles. The first-order valence-corrected chi connectivity index (χ1v) is 7.67. The van der Waals surface area contributed by atoms with Gasteiger partial charge in [-0.05, 0) is 43.9 Å². The van der Waals surface area contributed by atoms with Crippen LogP contribution in [0.5, 0.6) is 11.5 Å². The van der Waals surface area contributed by atoms with Crippen LogP contribution in [0, 0.1) is 0 Å². The fourth-order valence-corrected chi connectivity index (χ4v) is 2.47. The summed E-state index contributed by atoms with van der Waals surface area (Å²) < 4.78 is 5.31. The molecule has 1 atom stereocenters. The lowest BCUT2D eigenvalue weighted by atomic mass is 10.00. The second-order valence-corrected chi connectivity index (χ2v) is 5.60. The van der Waals surface area contributed by atoms with Crippen molar-refractivity contribution in [1.29, 1.82) is 0 Å². The number of rotatable bonds is 0. The van der Waals surface area contributed by atoms with Crippen LogP contribution >= 0.6 is 0 Å². The SMILES string of the molecule is C[C@H]1C/C=C\C(=O)NCCCCc2cc(O)cc(O)c2C(=O)O1. The van der Waals surface area contributed by atoms with Crippen molar-refractivity contribution in [2.45, 2.75) is 38.7 Å². The number of esters is 1. The number of carbonyl (C=O) groups excluding carboxylic acids is 2. The van der Waals surface area contributed by atoms with E-state index in [-0.39, 0.29) is 23.0 Å². The van der Waals surface area contributed by atoms with Crippen molar-refractivity contribution in [3.05, 3.63) is 35.4 Å². The van der Waals surface area contributed by atoms with Gasteiger partial charge >= 0.3 is 5.97 Å². The highest BCUT2D eigenvalue weighted by Gasteiger charge is 2.21. The first-order chi connectivity index (χ1) is 11.0. The molecule has 1 amide bonds. The maximum atomic E-state index is 12.3. The van der Waals surface area contributed by atoms with Crippen LogP contribution < -0.4 is 5.32 Å². The lowest BCUT2D eigenvalue weighted by molar-refractivity contribution is -0.116. The van der Waals surface area contributed by atoms with Gasteiger partial charge in [-0.25, -0.2) is 4.79 Å². The largest absolute Gasteiger partial charge is 0.508 e. The third-order valence-electron chi connectivity index (χ3n) is 3.61. The zero-order valence-electron chi connectivity index (χ0n) is 13.0. The lowest BCUT2D eigenvalue weighted by Gasteiger charge is -2.16. The molecule has 0 aliphatic carbocycles. The van der Waals surface area contributed by atoms with Gasteiger partial charge in [0.25, 0.3) is 0 Å². The second-order valence-electron chi connectivity index (χ2n) is 5.60. The number of nitrogens with one attached hydrogen (secondary N) is 1. The van der Waals surface area contributed by atoms with E-state index >= 15 is 0 Å². The molecule has 0 saturated carbocycles. The summed E-state index contributed by atoms with van der Waals surface area (Å²) in [5.41, 5.74) is 0.637. The molecule has 1 aromatic carbocycles. The first-order valence-electron chi connectivity index (χ1n) is 7.67. The molecular formula is C17H21NO5. The van der Waals surface area contributed by atoms with Crippen molar-refractivity contribution in [2.75, 3.05) is 6.54 Å². The molecule has 6 heteroatoms. The molecule has 0 bridgehead atoms. The molecule has 0 aromatic heterocycles. The summed E-state index contributed by atoms with van der Waals surface area (Å²) in [6.07, 6.45) is 4.95. The Bertz CT molecular complexity index is 624. The van der Waals surface area contributed by atoms with E-state index in [0.29, 0.717) is 31.4 Å². The molecule has 0 spiro atoms. The fourth-order valence-electron chi connectivity index (χ4n) is 2.47. The lowest BCUT2D eigenvalue weighted by Crippen LogP contribution is -2.23. The number of phenols is 2. The number of hydrogen-bond donors (Lipinski definition) is 3. The highest BCUT2D eigenvalue weighted by Crippen LogP contribution is 2.29. The Morgan fingerprint density at radius 1 is 1.22 bits per heavy atom. The van der Waals surface area contributed by atoms with Gasteiger partial charge < -0.3 is 20.3 Å². The van der Waals surface area contributed by atoms with Gasteiger partial charge in [-0.1, -0.05) is 6.08 Å². The Labute approximate surface area is 134 Å². The van der Waals surface area contributed by atoms with Crippen LogP contribution in [0.25, 0.3) is 0 Å². The normalized spacial score (nSPS) is 21.5. The van der Waals surface area contributed by atoms with E-state index in [2.05, 4.69) is 5.32 Å². The number of aryl methyl sites for hydroxylation is 1. The summed E-state index contributed by atoms with van der Waals surface area (Å²) in [7, 11) is 0. The van der Waals surface area contributed by atoms with Gasteiger partial charge in [-0.3, -0.25) is 4.79 Å². The summed E-state index contributed by atoms with van der Waals surface area (Å²) in [5.74, 6) is -1.18. The van der Waals surface area contributed by atoms with Crippen LogP contribution in [0.2, 0.25) is 0 Å². The Hall–Kier alpha value is -2.50. The molecule has 1 heterocycles. The second kappa shape index (κ2) is 7.67. The van der Waals surface area contributed by atoms with Gasteiger partial charge in [0, 0.05) is 19.0 Å². The van der Waals surface area contributed by atoms with E-state index < -0.39 is 12.1 Å². The van der Waals surface area contributed by atoms with Crippen molar-refractivity contribution in [3.8, 4) is 11.5 Å². The zero-order valence-corrected chi connectivity index (χ0v) is 13.0. The van der Waals surface area contributed by atoms with Crippen molar-refractivity contribution in [3.63, 3.8) is 0 Å². The fraction of sp³-hybridized carbons (Fsp3) is 0.412. The van der Waals surface area contributed by atoms with Crippen molar-refractivity contribution < 1.29 is 24.5 Å². The molecule has 124 valence electrons. The molecule has 0 fully saturated rings. The molecular weight excluding hydrogens is 298 g/mol. The van der Waals surface area contributed by atoms with Crippen LogP contribution in [-0.2, 0) is 16.0 Å². The number of phenolic OH excluding ortho intramolecular Hbond substituents is 2. The van der Waals surface area contributed by atoms with Crippen LogP contribution in [0.4, 0.5) is 0 Å². The van der Waals surface area contributed by atoms with Crippen LogP contribution in [0.3, 0.4) is 0 Å². The maximum absolute atomic E-state index is 12.3. The van der Waals surface area contributed by atoms with E-state index in [4.69, 9.17) is 4.74 Å². The third kappa shape index (κ3) is 4.74. The molecule has 0 radical (unpaired) electrons. The topological polar surface area (TPSA) is 95.9 Å². The minimum absolute atomic E-state index is 0.0970. The molecule has 2 rings (SSSR count). The highest BCUT2D eigenvalue weighted by atomic mass is 16.5. The number of amides is 1. The first kappa shape index (κ1) is 16.9. The number of aromatic hydroxyl groups is 2. The third-order valence-corrected chi connectivity index (χ3v) is 3.61. The molecule has 3 N–H and O–H groups in total. The van der Waals surface area contributed by atoms with E-state index in [1.54, 1.807) is 13.0 Å². The summed E-state index contributed by atoms with van der Waals surface area (Å²) in [5, 5.41) is 22.4. The van der Waals surface area contributed by atoms with Gasteiger partial charge in [-0.2, -0.15) is 0 Å². The van der Waals surface area contributed by atoms with E-state index in [1.165, 1.54) is 12.1 Å². The minimum atomic E-state index is -0.625. The Morgan fingerprint density at radius 2 is 2.00 bits per heavy atom. The molecule has 1 aliphatic heterocycles. The minimum Gasteiger partial charge on any atom is -0.508 e. The standard InChI is InChI=1S/C17H21NO5/c1-11-5-4-7-15(21)18-8-3-2-6-12-9-13(19)10-14(20)16(12)17(22)23-11/h4,7,9-11,19-20H,2-3,5-6,8H2,1H3,(H,18,21)/b7-4-/t11-/m0/s1. The summed E-state index contributed by atoms with van der Waals surface area (Å²) in [6.45, 7) is 2.24. The average Bonchev–Trinajstić information content (AvgIpc) is 2.45. The molecule has 1 aliphatic rings. The van der Waals surface area contributed by atoms with Gasteiger partial charge in [0.15, 0.2) is 0 Å². The van der Waals surface area contributed by atoms with Crippen molar-refractivity contribution >= 4 is 11.9 Å². The van der Waals surface area contributed by atoms with Gasteiger partial charge in [0.1, 0.15) is 23.2 Å². The van der Waals surface area contributed by atoms with Crippen molar-refractivity contribution in [1.82, 2.24) is 5.32 Å². The van der Waals surface area contributed by atoms with Gasteiger partial charge in [0.05, 0.1) is 0 Å². The maximum Gasteiger partial charge on any atom is 0.342 e. The number of carbonyl (C=O) groups is 2. The smallest absolute Gasteiger partial charge is 0.342 e. The monoisotopic (exact) mass is 319 g/mol. The number of cyclic esters (lactones) is 1. The molecule has 1 aromatic rings. The number of ether oxygens (including phenoxy) is 1. The number of fused-ring (bicyclic) bond motifs is 1. The zero-order chi connectivity index (χ0) is 16.8. The molecule has 0 unspecified atom stereocenters. The highest BCUT2D eigenvalue weighted by molar-refractivity contribution is 5.94. The number of hydrogen-bond acceptors (Lipinski definition) is 5. The van der Waals surface area contributed by atoms with Gasteiger partial charge in [-0.15, -0.1) is 0 Å². The van der Waals surface area contributed by atoms with E-state index in [9.17, 15) is 19.8 Å². The van der Waals surface area contributed by atoms with Crippen molar-refractivity contribution in [2.24, 2.45) is 0 Å². The van der Waals surface area contributed by atoms with Crippen LogP contribution in [0.15, 0.2) is 24.3 Å². The van der Waals surface area contributed by atoms with E-state index in [1.807, 2.05) is 0 Å². The molecule has 6 nitrogen and oxygen atoms in total. The van der Waals surface area contributed by atoms with Crippen LogP contribution in [-0.4, -0.2) is 34.7 Å². The quantitative estimate of drug-likeness (QED) is 0.636. The van der Waals surface area contributed by atoms with E-state index in [0.717, 1.165) is 12.5 Å². The average molecular weight is 319 g/mol. The Balaban J connectivity index is 2.28. The predicted molar refractivity (Wildman–Crippen MR) is 84.4 cm³/mol. The van der Waals surface area contributed by atoms with Crippen LogP contribution in [0.1, 0.15) is 42.1 Å². The summed E-state index contributed by atoms with van der Waals surface area (Å²) in [6, 6.07) is 2.60. The summed E-state index contributed by atoms with van der Waals surface area (Å²) in [4.78, 5) is 23.9. The Morgan fingerprint density at radius 3 is 2.78 bits per heavy atom. The van der Waals surface area contributed by atoms with Gasteiger partial charge in [0.2, 0.25) is 5.91 Å². The predicted octanol–water partition coefficient (Wildman–Crippen LogP) is 2.04. The number of benzene rings is 1. The summed E-state index contributed by atoms with van der Waals surface area (Å²) >= 11 is 0.